The monoisotopic (exact) mass is 524 g/mol. The number of halogens is 3. The van der Waals surface area contributed by atoms with Gasteiger partial charge >= 0.3 is 5.97 Å². The van der Waals surface area contributed by atoms with Gasteiger partial charge in [-0.05, 0) is 55.5 Å². The summed E-state index contributed by atoms with van der Waals surface area (Å²) in [4.78, 5) is 24.8. The molecule has 0 unspecified atom stereocenters. The Balaban J connectivity index is 1.93. The molecule has 0 saturated heterocycles. The zero-order valence-electron chi connectivity index (χ0n) is 17.8. The average molecular weight is 525 g/mol. The van der Waals surface area contributed by atoms with Crippen molar-refractivity contribution < 1.29 is 27.1 Å². The Bertz CT molecular complexity index is 1320. The van der Waals surface area contributed by atoms with Crippen molar-refractivity contribution in [1.82, 2.24) is 0 Å². The standard InChI is InChI=1S/C23H19Cl2FN2O5S/c1-2-33-23(30)18-12-15(8-10-19(18)24)27-22(29)14-28(16-9-11-21(26)20(25)13-16)34(31,32)17-6-4-3-5-7-17/h3-13H,2,14H2,1H3,(H,27,29). The van der Waals surface area contributed by atoms with Crippen molar-refractivity contribution in [1.29, 1.82) is 0 Å². The number of rotatable bonds is 8. The predicted molar refractivity (Wildman–Crippen MR) is 128 cm³/mol. The van der Waals surface area contributed by atoms with Gasteiger partial charge in [-0.15, -0.1) is 0 Å². The van der Waals surface area contributed by atoms with Crippen molar-refractivity contribution in [3.05, 3.63) is 88.2 Å². The molecule has 0 aromatic heterocycles. The molecule has 0 bridgehead atoms. The van der Waals surface area contributed by atoms with Gasteiger partial charge in [-0.1, -0.05) is 41.4 Å². The average Bonchev–Trinajstić information content (AvgIpc) is 2.81. The molecule has 34 heavy (non-hydrogen) atoms. The lowest BCUT2D eigenvalue weighted by Gasteiger charge is -2.24. The number of carbonyl (C=O) groups is 2. The molecule has 1 amide bonds. The highest BCUT2D eigenvalue weighted by Crippen LogP contribution is 2.28. The summed E-state index contributed by atoms with van der Waals surface area (Å²) in [7, 11) is -4.21. The second-order valence-electron chi connectivity index (χ2n) is 6.89. The van der Waals surface area contributed by atoms with Crippen LogP contribution in [0.15, 0.2) is 71.6 Å². The summed E-state index contributed by atoms with van der Waals surface area (Å²) in [5, 5.41) is 2.37. The maximum Gasteiger partial charge on any atom is 0.339 e. The van der Waals surface area contributed by atoms with Crippen LogP contribution in [0.1, 0.15) is 17.3 Å². The van der Waals surface area contributed by atoms with E-state index in [-0.39, 0.29) is 38.5 Å². The van der Waals surface area contributed by atoms with E-state index in [1.807, 2.05) is 0 Å². The number of anilines is 2. The summed E-state index contributed by atoms with van der Waals surface area (Å²) < 4.78 is 46.1. The number of esters is 1. The zero-order valence-corrected chi connectivity index (χ0v) is 20.1. The van der Waals surface area contributed by atoms with Gasteiger partial charge in [0.1, 0.15) is 12.4 Å². The van der Waals surface area contributed by atoms with Crippen molar-refractivity contribution in [3.63, 3.8) is 0 Å². The number of amides is 1. The minimum atomic E-state index is -4.21. The Morgan fingerprint density at radius 3 is 2.35 bits per heavy atom. The Kier molecular flexibility index (Phi) is 8.14. The summed E-state index contributed by atoms with van der Waals surface area (Å²) in [6.45, 7) is 1.12. The van der Waals surface area contributed by atoms with E-state index in [0.717, 1.165) is 16.4 Å². The third-order valence-corrected chi connectivity index (χ3v) is 6.96. The Labute approximate surface area is 206 Å². The van der Waals surface area contributed by atoms with Crippen LogP contribution in [0.4, 0.5) is 15.8 Å². The fourth-order valence-corrected chi connectivity index (χ4v) is 4.78. The van der Waals surface area contributed by atoms with Gasteiger partial charge < -0.3 is 10.1 Å². The highest BCUT2D eigenvalue weighted by Gasteiger charge is 2.28. The zero-order chi connectivity index (χ0) is 24.9. The molecule has 3 aromatic carbocycles. The van der Waals surface area contributed by atoms with E-state index in [2.05, 4.69) is 5.32 Å². The number of hydrogen-bond donors (Lipinski definition) is 1. The van der Waals surface area contributed by atoms with Gasteiger partial charge in [-0.25, -0.2) is 17.6 Å². The molecule has 1 N–H and O–H groups in total. The number of carbonyl (C=O) groups excluding carboxylic acids is 2. The fraction of sp³-hybridized carbons (Fsp3) is 0.130. The van der Waals surface area contributed by atoms with Crippen molar-refractivity contribution in [2.45, 2.75) is 11.8 Å². The summed E-state index contributed by atoms with van der Waals surface area (Å²) in [5.74, 6) is -2.13. The van der Waals surface area contributed by atoms with Gasteiger partial charge in [-0.2, -0.15) is 0 Å². The van der Waals surface area contributed by atoms with Crippen LogP contribution >= 0.6 is 23.2 Å². The number of hydrogen-bond acceptors (Lipinski definition) is 5. The van der Waals surface area contributed by atoms with E-state index >= 15 is 0 Å². The largest absolute Gasteiger partial charge is 0.462 e. The molecule has 0 atom stereocenters. The predicted octanol–water partition coefficient (Wildman–Crippen LogP) is 5.14. The van der Waals surface area contributed by atoms with Gasteiger partial charge in [0.15, 0.2) is 0 Å². The van der Waals surface area contributed by atoms with Crippen LogP contribution in [0.3, 0.4) is 0 Å². The van der Waals surface area contributed by atoms with Crippen LogP contribution < -0.4 is 9.62 Å². The summed E-state index contributed by atoms with van der Waals surface area (Å²) in [5.41, 5.74) is 0.237. The lowest BCUT2D eigenvalue weighted by molar-refractivity contribution is -0.114. The third-order valence-electron chi connectivity index (χ3n) is 4.56. The Morgan fingerprint density at radius 1 is 1.00 bits per heavy atom. The lowest BCUT2D eigenvalue weighted by atomic mass is 10.2. The normalized spacial score (nSPS) is 11.1. The Hall–Kier alpha value is -3.14. The molecule has 0 radical (unpaired) electrons. The molecule has 0 spiro atoms. The van der Waals surface area contributed by atoms with Crippen LogP contribution in [0.2, 0.25) is 10.0 Å². The quantitative estimate of drug-likeness (QED) is 0.411. The molecule has 0 aliphatic heterocycles. The molecule has 178 valence electrons. The SMILES string of the molecule is CCOC(=O)c1cc(NC(=O)CN(c2ccc(F)c(Cl)c2)S(=O)(=O)c2ccccc2)ccc1Cl. The van der Waals surface area contributed by atoms with Crippen LogP contribution in [-0.4, -0.2) is 33.4 Å². The molecular formula is C23H19Cl2FN2O5S. The van der Waals surface area contributed by atoms with Crippen LogP contribution in [-0.2, 0) is 19.6 Å². The molecule has 0 fully saturated rings. The molecule has 3 aromatic rings. The highest BCUT2D eigenvalue weighted by atomic mass is 35.5. The second kappa shape index (κ2) is 10.9. The summed E-state index contributed by atoms with van der Waals surface area (Å²) in [6.07, 6.45) is 0. The first-order chi connectivity index (χ1) is 16.1. The minimum absolute atomic E-state index is 0.00581. The maximum absolute atomic E-state index is 13.7. The first-order valence-corrected chi connectivity index (χ1v) is 12.1. The smallest absolute Gasteiger partial charge is 0.339 e. The fourth-order valence-electron chi connectivity index (χ4n) is 2.97. The van der Waals surface area contributed by atoms with Crippen LogP contribution in [0.25, 0.3) is 0 Å². The van der Waals surface area contributed by atoms with Gasteiger partial charge in [0, 0.05) is 5.69 Å². The molecule has 3 rings (SSSR count). The minimum Gasteiger partial charge on any atom is -0.462 e. The molecule has 0 aliphatic rings. The maximum atomic E-state index is 13.7. The van der Waals surface area contributed by atoms with Crippen molar-refractivity contribution in [2.24, 2.45) is 0 Å². The van der Waals surface area contributed by atoms with Crippen molar-refractivity contribution in [3.8, 4) is 0 Å². The number of benzene rings is 3. The van der Waals surface area contributed by atoms with Crippen LogP contribution in [0, 0.1) is 5.82 Å². The van der Waals surface area contributed by atoms with Crippen molar-refractivity contribution >= 4 is 56.5 Å². The topological polar surface area (TPSA) is 92.8 Å². The molecule has 0 aliphatic carbocycles. The summed E-state index contributed by atoms with van der Waals surface area (Å²) >= 11 is 11.9. The molecule has 0 saturated carbocycles. The first kappa shape index (κ1) is 25.5. The van der Waals surface area contributed by atoms with E-state index in [1.54, 1.807) is 13.0 Å². The van der Waals surface area contributed by atoms with E-state index in [4.69, 9.17) is 27.9 Å². The van der Waals surface area contributed by atoms with Gasteiger partial charge in [0.2, 0.25) is 5.91 Å². The van der Waals surface area contributed by atoms with Gasteiger partial charge in [0.25, 0.3) is 10.0 Å². The number of sulfonamides is 1. The summed E-state index contributed by atoms with van der Waals surface area (Å²) in [6, 6.07) is 15.0. The van der Waals surface area contributed by atoms with Crippen molar-refractivity contribution in [2.75, 3.05) is 22.8 Å². The molecular weight excluding hydrogens is 506 g/mol. The van der Waals surface area contributed by atoms with E-state index in [1.165, 1.54) is 48.5 Å². The molecule has 11 heteroatoms. The number of ether oxygens (including phenoxy) is 1. The molecule has 0 heterocycles. The van der Waals surface area contributed by atoms with Gasteiger partial charge in [-0.3, -0.25) is 9.10 Å². The third kappa shape index (κ3) is 5.85. The second-order valence-corrected chi connectivity index (χ2v) is 9.56. The first-order valence-electron chi connectivity index (χ1n) is 9.93. The lowest BCUT2D eigenvalue weighted by Crippen LogP contribution is -2.38. The van der Waals surface area contributed by atoms with Gasteiger partial charge in [0.05, 0.1) is 32.8 Å². The van der Waals surface area contributed by atoms with E-state index < -0.39 is 34.3 Å². The number of nitrogens with one attached hydrogen (secondary N) is 1. The van der Waals surface area contributed by atoms with Crippen LogP contribution in [0.5, 0.6) is 0 Å². The Morgan fingerprint density at radius 2 is 1.71 bits per heavy atom. The highest BCUT2D eigenvalue weighted by molar-refractivity contribution is 7.92. The molecule has 7 nitrogen and oxygen atoms in total. The van der Waals surface area contributed by atoms with E-state index in [9.17, 15) is 22.4 Å². The van der Waals surface area contributed by atoms with E-state index in [0.29, 0.717) is 0 Å². The number of nitrogens with zero attached hydrogens (tertiary/aromatic N) is 1.